The molecule has 1 heterocycles. The van der Waals surface area contributed by atoms with Gasteiger partial charge < -0.3 is 19.5 Å². The molecule has 1 amide bonds. The van der Waals surface area contributed by atoms with Gasteiger partial charge in [0.1, 0.15) is 0 Å². The largest absolute Gasteiger partial charge is 0.454 e. The Morgan fingerprint density at radius 3 is 2.70 bits per heavy atom. The first-order valence-electron chi connectivity index (χ1n) is 8.22. The Morgan fingerprint density at radius 2 is 1.93 bits per heavy atom. The van der Waals surface area contributed by atoms with E-state index < -0.39 is 18.0 Å². The lowest BCUT2D eigenvalue weighted by Gasteiger charge is -2.14. The molecule has 3 rings (SSSR count). The number of benzene rings is 2. The number of fused-ring (bicyclic) bond motifs is 1. The number of hydrogen-bond donors (Lipinski definition) is 1. The standard InChI is InChI=1S/C19H17Cl2NO5/c1-11(27-18(23)7-13-3-4-14(20)8-15(13)21)19(24)22-9-12-2-5-16-17(6-12)26-10-25-16/h2-6,8,11H,7,9-10H2,1H3,(H,22,24)/t11-/m0/s1. The molecule has 2 aromatic carbocycles. The summed E-state index contributed by atoms with van der Waals surface area (Å²) in [5, 5.41) is 3.58. The van der Waals surface area contributed by atoms with E-state index in [1.165, 1.54) is 6.92 Å². The first kappa shape index (κ1) is 19.3. The van der Waals surface area contributed by atoms with Crippen LogP contribution in [0.3, 0.4) is 0 Å². The Labute approximate surface area is 166 Å². The van der Waals surface area contributed by atoms with Crippen molar-refractivity contribution >= 4 is 35.1 Å². The van der Waals surface area contributed by atoms with Crippen LogP contribution in [0.4, 0.5) is 0 Å². The van der Waals surface area contributed by atoms with E-state index in [1.54, 1.807) is 30.3 Å². The summed E-state index contributed by atoms with van der Waals surface area (Å²) in [7, 11) is 0. The van der Waals surface area contributed by atoms with Crippen LogP contribution in [0.25, 0.3) is 0 Å². The minimum atomic E-state index is -0.933. The molecule has 6 nitrogen and oxygen atoms in total. The molecule has 27 heavy (non-hydrogen) atoms. The molecule has 0 saturated heterocycles. The molecule has 0 bridgehead atoms. The van der Waals surface area contributed by atoms with Gasteiger partial charge in [-0.15, -0.1) is 0 Å². The van der Waals surface area contributed by atoms with Crippen LogP contribution in [0, 0.1) is 0 Å². The predicted octanol–water partition coefficient (Wildman–Crippen LogP) is 3.51. The van der Waals surface area contributed by atoms with Crippen LogP contribution in [-0.2, 0) is 27.3 Å². The highest BCUT2D eigenvalue weighted by atomic mass is 35.5. The molecule has 8 heteroatoms. The summed E-state index contributed by atoms with van der Waals surface area (Å²) in [4.78, 5) is 24.2. The molecule has 0 aliphatic carbocycles. The van der Waals surface area contributed by atoms with Gasteiger partial charge in [0.25, 0.3) is 5.91 Å². The zero-order chi connectivity index (χ0) is 19.4. The summed E-state index contributed by atoms with van der Waals surface area (Å²) in [6.07, 6.45) is -0.979. The van der Waals surface area contributed by atoms with Crippen LogP contribution in [0.1, 0.15) is 18.1 Å². The van der Waals surface area contributed by atoms with E-state index in [2.05, 4.69) is 5.32 Å². The topological polar surface area (TPSA) is 73.9 Å². The van der Waals surface area contributed by atoms with Crippen LogP contribution in [0.15, 0.2) is 36.4 Å². The summed E-state index contributed by atoms with van der Waals surface area (Å²) in [5.41, 5.74) is 1.43. The number of nitrogens with one attached hydrogen (secondary N) is 1. The number of halogens is 2. The van der Waals surface area contributed by atoms with Gasteiger partial charge in [-0.05, 0) is 42.3 Å². The van der Waals surface area contributed by atoms with E-state index in [4.69, 9.17) is 37.4 Å². The maximum atomic E-state index is 12.2. The van der Waals surface area contributed by atoms with Crippen molar-refractivity contribution in [1.82, 2.24) is 5.32 Å². The fraction of sp³-hybridized carbons (Fsp3) is 0.263. The smallest absolute Gasteiger partial charge is 0.311 e. The number of ether oxygens (including phenoxy) is 3. The number of esters is 1. The van der Waals surface area contributed by atoms with Crippen molar-refractivity contribution in [1.29, 1.82) is 0 Å². The monoisotopic (exact) mass is 409 g/mol. The average Bonchev–Trinajstić information content (AvgIpc) is 3.09. The number of amides is 1. The Bertz CT molecular complexity index is 871. The third-order valence-corrected chi connectivity index (χ3v) is 4.52. The second kappa shape index (κ2) is 8.50. The summed E-state index contributed by atoms with van der Waals surface area (Å²) >= 11 is 11.9. The van der Waals surface area contributed by atoms with Crippen molar-refractivity contribution in [3.63, 3.8) is 0 Å². The molecule has 0 saturated carbocycles. The fourth-order valence-corrected chi connectivity index (χ4v) is 2.97. The van der Waals surface area contributed by atoms with Crippen molar-refractivity contribution in [3.8, 4) is 11.5 Å². The maximum absolute atomic E-state index is 12.2. The number of carbonyl (C=O) groups excluding carboxylic acids is 2. The molecule has 142 valence electrons. The first-order valence-corrected chi connectivity index (χ1v) is 8.97. The lowest BCUT2D eigenvalue weighted by molar-refractivity contribution is -0.154. The molecule has 1 atom stereocenters. The van der Waals surface area contributed by atoms with Gasteiger partial charge in [-0.25, -0.2) is 0 Å². The molecule has 0 unspecified atom stereocenters. The molecule has 0 spiro atoms. The van der Waals surface area contributed by atoms with Crippen LogP contribution in [-0.4, -0.2) is 24.8 Å². The molecule has 2 aromatic rings. The maximum Gasteiger partial charge on any atom is 0.311 e. The zero-order valence-electron chi connectivity index (χ0n) is 14.5. The van der Waals surface area contributed by atoms with Crippen molar-refractivity contribution in [2.24, 2.45) is 0 Å². The molecule has 1 aliphatic heterocycles. The zero-order valence-corrected chi connectivity index (χ0v) is 16.0. The van der Waals surface area contributed by atoms with Gasteiger partial charge in [0.15, 0.2) is 17.6 Å². The van der Waals surface area contributed by atoms with Crippen molar-refractivity contribution in [3.05, 3.63) is 57.6 Å². The van der Waals surface area contributed by atoms with E-state index >= 15 is 0 Å². The predicted molar refractivity (Wildman–Crippen MR) is 100 cm³/mol. The van der Waals surface area contributed by atoms with Crippen LogP contribution in [0.5, 0.6) is 11.5 Å². The van der Waals surface area contributed by atoms with Crippen LogP contribution in [0.2, 0.25) is 10.0 Å². The minimum Gasteiger partial charge on any atom is -0.454 e. The van der Waals surface area contributed by atoms with E-state index in [1.807, 2.05) is 6.07 Å². The summed E-state index contributed by atoms with van der Waals surface area (Å²) in [5.74, 6) is 0.363. The Balaban J connectivity index is 1.49. The van der Waals surface area contributed by atoms with Gasteiger partial charge in [-0.2, -0.15) is 0 Å². The first-order chi connectivity index (χ1) is 12.9. The third kappa shape index (κ3) is 5.05. The molecule has 0 radical (unpaired) electrons. The van der Waals surface area contributed by atoms with Gasteiger partial charge in [0, 0.05) is 16.6 Å². The Morgan fingerprint density at radius 1 is 1.15 bits per heavy atom. The van der Waals surface area contributed by atoms with Gasteiger partial charge in [0.2, 0.25) is 6.79 Å². The number of carbonyl (C=O) groups is 2. The highest BCUT2D eigenvalue weighted by Crippen LogP contribution is 2.32. The third-order valence-electron chi connectivity index (χ3n) is 3.93. The minimum absolute atomic E-state index is 0.0459. The quantitative estimate of drug-likeness (QED) is 0.738. The van der Waals surface area contributed by atoms with Crippen molar-refractivity contribution in [2.75, 3.05) is 6.79 Å². The van der Waals surface area contributed by atoms with Crippen molar-refractivity contribution in [2.45, 2.75) is 26.0 Å². The highest BCUT2D eigenvalue weighted by Gasteiger charge is 2.19. The summed E-state index contributed by atoms with van der Waals surface area (Å²) in [6, 6.07) is 10.2. The molecule has 1 N–H and O–H groups in total. The van der Waals surface area contributed by atoms with Gasteiger partial charge in [0.05, 0.1) is 6.42 Å². The SMILES string of the molecule is C[C@H](OC(=O)Cc1ccc(Cl)cc1Cl)C(=O)NCc1ccc2c(c1)OCO2. The normalized spacial score (nSPS) is 13.1. The summed E-state index contributed by atoms with van der Waals surface area (Å²) in [6.45, 7) is 1.98. The second-order valence-electron chi connectivity index (χ2n) is 5.95. The average molecular weight is 410 g/mol. The van der Waals surface area contributed by atoms with Gasteiger partial charge in [-0.1, -0.05) is 35.3 Å². The van der Waals surface area contributed by atoms with E-state index in [9.17, 15) is 9.59 Å². The lowest BCUT2D eigenvalue weighted by atomic mass is 10.1. The van der Waals surface area contributed by atoms with E-state index in [0.717, 1.165) is 5.56 Å². The Hall–Kier alpha value is -2.44. The molecule has 1 aliphatic rings. The molecular weight excluding hydrogens is 393 g/mol. The van der Waals surface area contributed by atoms with E-state index in [0.29, 0.717) is 27.1 Å². The fourth-order valence-electron chi connectivity index (χ4n) is 2.50. The number of hydrogen-bond acceptors (Lipinski definition) is 5. The van der Waals surface area contributed by atoms with E-state index in [-0.39, 0.29) is 19.8 Å². The van der Waals surface area contributed by atoms with Gasteiger partial charge >= 0.3 is 5.97 Å². The second-order valence-corrected chi connectivity index (χ2v) is 6.79. The van der Waals surface area contributed by atoms with Crippen LogP contribution >= 0.6 is 23.2 Å². The molecular formula is C19H17Cl2NO5. The highest BCUT2D eigenvalue weighted by molar-refractivity contribution is 6.35. The Kier molecular flexibility index (Phi) is 6.08. The molecule has 0 aromatic heterocycles. The molecule has 0 fully saturated rings. The lowest BCUT2D eigenvalue weighted by Crippen LogP contribution is -2.35. The van der Waals surface area contributed by atoms with Gasteiger partial charge in [-0.3, -0.25) is 9.59 Å². The number of rotatable bonds is 6. The summed E-state index contributed by atoms with van der Waals surface area (Å²) < 4.78 is 15.7. The van der Waals surface area contributed by atoms with Crippen molar-refractivity contribution < 1.29 is 23.8 Å². The van der Waals surface area contributed by atoms with Crippen LogP contribution < -0.4 is 14.8 Å².